The quantitative estimate of drug-likeness (QED) is 0.537. The van der Waals surface area contributed by atoms with Gasteiger partial charge in [-0.25, -0.2) is 4.79 Å². The summed E-state index contributed by atoms with van der Waals surface area (Å²) in [6.45, 7) is 4.35. The third kappa shape index (κ3) is 9.19. The van der Waals surface area contributed by atoms with Crippen molar-refractivity contribution in [3.63, 3.8) is 0 Å². The average molecular weight is 337 g/mol. The Labute approximate surface area is 131 Å². The molecule has 0 radical (unpaired) electrons. The molecule has 0 aliphatic heterocycles. The molecule has 23 heavy (non-hydrogen) atoms. The van der Waals surface area contributed by atoms with Crippen LogP contribution in [-0.4, -0.2) is 64.1 Å². The van der Waals surface area contributed by atoms with Crippen molar-refractivity contribution in [2.45, 2.75) is 19.6 Å². The molecule has 0 aliphatic rings. The van der Waals surface area contributed by atoms with Gasteiger partial charge in [0.2, 0.25) is 0 Å². The normalized spacial score (nSPS) is 11.0. The maximum atomic E-state index is 10.6. The van der Waals surface area contributed by atoms with Gasteiger partial charge in [0, 0.05) is 13.1 Å². The number of rotatable bonds is 6. The Balaban J connectivity index is 0.000000585. The lowest BCUT2D eigenvalue weighted by Crippen LogP contribution is -2.31. The average Bonchev–Trinajstić information content (AvgIpc) is 2.46. The zero-order valence-corrected chi connectivity index (χ0v) is 12.5. The van der Waals surface area contributed by atoms with Crippen LogP contribution in [0.4, 0.5) is 13.2 Å². The number of aliphatic hydroxyl groups excluding tert-OH is 1. The van der Waals surface area contributed by atoms with Crippen molar-refractivity contribution in [2.24, 2.45) is 0 Å². The van der Waals surface area contributed by atoms with Crippen LogP contribution in [0.25, 0.3) is 0 Å². The van der Waals surface area contributed by atoms with E-state index in [9.17, 15) is 13.2 Å². The standard InChI is InChI=1S/C11H18BNO3.C2HF3O2/c1-2-13(6-7-14)9-10-4-3-5-11(8-10)12(15)16;3-2(4,5)1(6)7/h3-5,8,14-16H,2,6-7,9H2,1H3;(H,6,7). The molecule has 1 aromatic carbocycles. The highest BCUT2D eigenvalue weighted by molar-refractivity contribution is 6.58. The second-order valence-corrected chi connectivity index (χ2v) is 4.51. The minimum Gasteiger partial charge on any atom is -0.475 e. The fourth-order valence-electron chi connectivity index (χ4n) is 1.60. The number of carboxylic acids is 1. The molecule has 130 valence electrons. The summed E-state index contributed by atoms with van der Waals surface area (Å²) in [5, 5.41) is 34.1. The number of hydrogen-bond donors (Lipinski definition) is 4. The Morgan fingerprint density at radius 2 is 1.87 bits per heavy atom. The van der Waals surface area contributed by atoms with E-state index >= 15 is 0 Å². The Hall–Kier alpha value is -1.62. The first-order chi connectivity index (χ1) is 10.6. The summed E-state index contributed by atoms with van der Waals surface area (Å²) in [6.07, 6.45) is -5.08. The molecule has 10 heteroatoms. The highest BCUT2D eigenvalue weighted by Gasteiger charge is 2.38. The molecule has 0 bridgehead atoms. The molecule has 0 unspecified atom stereocenters. The molecular formula is C13H19BF3NO5. The van der Waals surface area contributed by atoms with Crippen molar-refractivity contribution in [1.29, 1.82) is 0 Å². The van der Waals surface area contributed by atoms with Gasteiger partial charge in [0.25, 0.3) is 0 Å². The van der Waals surface area contributed by atoms with Crippen LogP contribution in [0.5, 0.6) is 0 Å². The van der Waals surface area contributed by atoms with E-state index < -0.39 is 19.3 Å². The molecule has 1 aromatic rings. The molecule has 1 rings (SSSR count). The second kappa shape index (κ2) is 10.2. The fourth-order valence-corrected chi connectivity index (χ4v) is 1.60. The van der Waals surface area contributed by atoms with Crippen LogP contribution >= 0.6 is 0 Å². The monoisotopic (exact) mass is 337 g/mol. The lowest BCUT2D eigenvalue weighted by atomic mass is 9.79. The Bertz CT molecular complexity index is 485. The number of aliphatic carboxylic acids is 1. The number of carbonyl (C=O) groups is 1. The van der Waals surface area contributed by atoms with E-state index in [0.29, 0.717) is 18.6 Å². The van der Waals surface area contributed by atoms with Crippen LogP contribution in [0.3, 0.4) is 0 Å². The first-order valence-electron chi connectivity index (χ1n) is 6.70. The summed E-state index contributed by atoms with van der Waals surface area (Å²) in [4.78, 5) is 11.0. The van der Waals surface area contributed by atoms with Gasteiger partial charge in [0.15, 0.2) is 0 Å². The topological polar surface area (TPSA) is 101 Å². The number of halogens is 3. The molecular weight excluding hydrogens is 318 g/mol. The molecule has 0 saturated heterocycles. The highest BCUT2D eigenvalue weighted by atomic mass is 19.4. The van der Waals surface area contributed by atoms with Crippen LogP contribution in [-0.2, 0) is 11.3 Å². The predicted molar refractivity (Wildman–Crippen MR) is 78.0 cm³/mol. The van der Waals surface area contributed by atoms with Crippen LogP contribution in [0.15, 0.2) is 24.3 Å². The fraction of sp³-hybridized carbons (Fsp3) is 0.462. The van der Waals surface area contributed by atoms with E-state index in [4.69, 9.17) is 25.1 Å². The van der Waals surface area contributed by atoms with Crippen molar-refractivity contribution in [1.82, 2.24) is 4.90 Å². The van der Waals surface area contributed by atoms with Gasteiger partial charge in [0.05, 0.1) is 6.61 Å². The van der Waals surface area contributed by atoms with Crippen molar-refractivity contribution < 1.29 is 38.2 Å². The molecule has 0 aliphatic carbocycles. The van der Waals surface area contributed by atoms with Gasteiger partial charge in [-0.3, -0.25) is 4.90 Å². The summed E-state index contributed by atoms with van der Waals surface area (Å²) in [6, 6.07) is 7.18. The number of carboxylic acid groups (broad SMARTS) is 1. The van der Waals surface area contributed by atoms with Gasteiger partial charge < -0.3 is 20.3 Å². The summed E-state index contributed by atoms with van der Waals surface area (Å²) < 4.78 is 31.7. The zero-order valence-electron chi connectivity index (χ0n) is 12.5. The van der Waals surface area contributed by atoms with Crippen molar-refractivity contribution in [3.05, 3.63) is 29.8 Å². The van der Waals surface area contributed by atoms with Crippen LogP contribution in [0.1, 0.15) is 12.5 Å². The van der Waals surface area contributed by atoms with Gasteiger partial charge in [-0.2, -0.15) is 13.2 Å². The van der Waals surface area contributed by atoms with Gasteiger partial charge in [-0.1, -0.05) is 31.2 Å². The Kier molecular flexibility index (Phi) is 9.50. The van der Waals surface area contributed by atoms with Crippen LogP contribution in [0.2, 0.25) is 0 Å². The number of aliphatic hydroxyl groups is 1. The molecule has 4 N–H and O–H groups in total. The maximum absolute atomic E-state index is 10.6. The molecule has 6 nitrogen and oxygen atoms in total. The number of hydrogen-bond acceptors (Lipinski definition) is 5. The molecule has 0 fully saturated rings. The maximum Gasteiger partial charge on any atom is 0.490 e. The number of likely N-dealkylation sites (N-methyl/N-ethyl adjacent to an activating group) is 1. The van der Waals surface area contributed by atoms with E-state index in [1.807, 2.05) is 13.0 Å². The highest BCUT2D eigenvalue weighted by Crippen LogP contribution is 2.13. The first-order valence-corrected chi connectivity index (χ1v) is 6.70. The van der Waals surface area contributed by atoms with Crippen molar-refractivity contribution in [2.75, 3.05) is 19.7 Å². The van der Waals surface area contributed by atoms with E-state index in [-0.39, 0.29) is 6.61 Å². The van der Waals surface area contributed by atoms with Gasteiger partial charge >= 0.3 is 19.3 Å². The minimum atomic E-state index is -5.08. The second-order valence-electron chi connectivity index (χ2n) is 4.51. The molecule has 0 saturated carbocycles. The molecule has 0 atom stereocenters. The summed E-state index contributed by atoms with van der Waals surface area (Å²) in [7, 11) is -1.42. The van der Waals surface area contributed by atoms with Gasteiger partial charge in [0.1, 0.15) is 0 Å². The van der Waals surface area contributed by atoms with Crippen LogP contribution < -0.4 is 5.46 Å². The van der Waals surface area contributed by atoms with Gasteiger partial charge in [-0.05, 0) is 17.6 Å². The minimum absolute atomic E-state index is 0.135. The predicted octanol–water partition coefficient (Wildman–Crippen LogP) is -0.186. The van der Waals surface area contributed by atoms with Crippen molar-refractivity contribution in [3.8, 4) is 0 Å². The molecule has 0 aromatic heterocycles. The van der Waals surface area contributed by atoms with Crippen molar-refractivity contribution >= 4 is 18.6 Å². The summed E-state index contributed by atoms with van der Waals surface area (Å²) in [5.74, 6) is -2.76. The summed E-state index contributed by atoms with van der Waals surface area (Å²) >= 11 is 0. The van der Waals surface area contributed by atoms with E-state index in [2.05, 4.69) is 4.90 Å². The number of benzene rings is 1. The molecule has 0 spiro atoms. The lowest BCUT2D eigenvalue weighted by Gasteiger charge is -2.19. The SMILES string of the molecule is CCN(CCO)Cc1cccc(B(O)O)c1.O=C(O)C(F)(F)F. The third-order valence-electron chi connectivity index (χ3n) is 2.76. The Morgan fingerprint density at radius 3 is 2.26 bits per heavy atom. The Morgan fingerprint density at radius 1 is 1.30 bits per heavy atom. The number of nitrogens with zero attached hydrogens (tertiary/aromatic N) is 1. The number of alkyl halides is 3. The van der Waals surface area contributed by atoms with Crippen LogP contribution in [0, 0.1) is 0 Å². The third-order valence-corrected chi connectivity index (χ3v) is 2.76. The smallest absolute Gasteiger partial charge is 0.475 e. The first kappa shape index (κ1) is 21.4. The lowest BCUT2D eigenvalue weighted by molar-refractivity contribution is -0.192. The van der Waals surface area contributed by atoms with E-state index in [1.165, 1.54) is 0 Å². The van der Waals surface area contributed by atoms with E-state index in [0.717, 1.165) is 12.1 Å². The largest absolute Gasteiger partial charge is 0.490 e. The van der Waals surface area contributed by atoms with E-state index in [1.54, 1.807) is 18.2 Å². The molecule has 0 amide bonds. The van der Waals surface area contributed by atoms with Gasteiger partial charge in [-0.15, -0.1) is 0 Å². The summed E-state index contributed by atoms with van der Waals surface area (Å²) in [5.41, 5.74) is 1.51. The zero-order chi connectivity index (χ0) is 18.0. The molecule has 0 heterocycles.